The highest BCUT2D eigenvalue weighted by atomic mass is 19.1. The lowest BCUT2D eigenvalue weighted by Gasteiger charge is -2.32. The van der Waals surface area contributed by atoms with E-state index in [-0.39, 0.29) is 18.8 Å². The highest BCUT2D eigenvalue weighted by Gasteiger charge is 2.30. The van der Waals surface area contributed by atoms with Crippen LogP contribution in [0.1, 0.15) is 12.7 Å². The van der Waals surface area contributed by atoms with Crippen LogP contribution >= 0.6 is 0 Å². The fourth-order valence-electron chi connectivity index (χ4n) is 3.77. The first-order valence-corrected chi connectivity index (χ1v) is 9.91. The molecular formula is C22H21F4N5O. The average Bonchev–Trinajstić information content (AvgIpc) is 3.05. The summed E-state index contributed by atoms with van der Waals surface area (Å²) in [7, 11) is 0. The number of rotatable bonds is 6. The molecular weight excluding hydrogens is 426 g/mol. The first-order valence-electron chi connectivity index (χ1n) is 9.91. The van der Waals surface area contributed by atoms with Crippen molar-refractivity contribution in [3.63, 3.8) is 0 Å². The number of halogens is 4. The number of carbonyl (C=O) groups is 1. The number of benzene rings is 2. The van der Waals surface area contributed by atoms with Gasteiger partial charge in [0.25, 0.3) is 0 Å². The van der Waals surface area contributed by atoms with Crippen LogP contribution in [0, 0.1) is 23.3 Å². The van der Waals surface area contributed by atoms with Crippen LogP contribution in [0.3, 0.4) is 0 Å². The second kappa shape index (κ2) is 8.36. The van der Waals surface area contributed by atoms with Crippen LogP contribution in [0.4, 0.5) is 29.1 Å². The van der Waals surface area contributed by atoms with Crippen LogP contribution in [0.15, 0.2) is 36.4 Å². The Morgan fingerprint density at radius 2 is 1.75 bits per heavy atom. The molecule has 1 aromatic heterocycles. The van der Waals surface area contributed by atoms with E-state index >= 15 is 0 Å². The lowest BCUT2D eigenvalue weighted by molar-refractivity contribution is -0.112. The normalized spacial score (nSPS) is 15.8. The molecule has 0 bridgehead atoms. The van der Waals surface area contributed by atoms with Crippen LogP contribution in [0.2, 0.25) is 0 Å². The van der Waals surface area contributed by atoms with Gasteiger partial charge in [0.1, 0.15) is 46.9 Å². The van der Waals surface area contributed by atoms with Crippen LogP contribution in [0.25, 0.3) is 11.3 Å². The monoisotopic (exact) mass is 447 g/mol. The van der Waals surface area contributed by atoms with Gasteiger partial charge < -0.3 is 20.4 Å². The molecule has 1 atom stereocenters. The third-order valence-electron chi connectivity index (χ3n) is 5.24. The Hall–Kier alpha value is -3.24. The molecule has 0 aliphatic carbocycles. The third kappa shape index (κ3) is 4.37. The van der Waals surface area contributed by atoms with Gasteiger partial charge in [0.15, 0.2) is 0 Å². The lowest BCUT2D eigenvalue weighted by Crippen LogP contribution is -2.50. The molecule has 2 heterocycles. The minimum Gasteiger partial charge on any atom is -0.340 e. The van der Waals surface area contributed by atoms with Crippen molar-refractivity contribution in [1.29, 1.82) is 0 Å². The molecule has 0 fully saturated rings. The molecule has 1 aliphatic heterocycles. The van der Waals surface area contributed by atoms with E-state index in [0.29, 0.717) is 48.8 Å². The van der Waals surface area contributed by atoms with Gasteiger partial charge in [-0.05, 0) is 31.2 Å². The standard InChI is InChI=1S/C22H21F4N5O/c1-22(27,12-32)11-30-6-7-31-18(10-30)29-20(19-16(25)8-14(24)9-17(19)26)21(31)28-15-4-2-13(23)3-5-15/h2-5,8-9,12,28H,6-7,10-11,27H2,1H3. The van der Waals surface area contributed by atoms with Crippen molar-refractivity contribution in [3.05, 3.63) is 65.5 Å². The van der Waals surface area contributed by atoms with E-state index in [1.54, 1.807) is 11.5 Å². The second-order valence-electron chi connectivity index (χ2n) is 8.09. The van der Waals surface area contributed by atoms with E-state index in [1.807, 2.05) is 4.90 Å². The molecule has 168 valence electrons. The van der Waals surface area contributed by atoms with E-state index in [0.717, 1.165) is 0 Å². The van der Waals surface area contributed by atoms with Crippen molar-refractivity contribution in [2.45, 2.75) is 25.6 Å². The fourth-order valence-corrected chi connectivity index (χ4v) is 3.77. The van der Waals surface area contributed by atoms with E-state index in [1.165, 1.54) is 24.3 Å². The highest BCUT2D eigenvalue weighted by Crippen LogP contribution is 2.36. The molecule has 2 aromatic carbocycles. The van der Waals surface area contributed by atoms with Gasteiger partial charge in [-0.15, -0.1) is 0 Å². The molecule has 4 rings (SSSR count). The summed E-state index contributed by atoms with van der Waals surface area (Å²) < 4.78 is 57.8. The maximum Gasteiger partial charge on any atom is 0.140 e. The van der Waals surface area contributed by atoms with Gasteiger partial charge in [-0.2, -0.15) is 0 Å². The Morgan fingerprint density at radius 1 is 1.09 bits per heavy atom. The van der Waals surface area contributed by atoms with Crippen molar-refractivity contribution >= 4 is 17.8 Å². The summed E-state index contributed by atoms with van der Waals surface area (Å²) >= 11 is 0. The van der Waals surface area contributed by atoms with E-state index in [4.69, 9.17) is 5.73 Å². The van der Waals surface area contributed by atoms with E-state index in [9.17, 15) is 22.4 Å². The van der Waals surface area contributed by atoms with Crippen molar-refractivity contribution < 1.29 is 22.4 Å². The molecule has 10 heteroatoms. The van der Waals surface area contributed by atoms with E-state index in [2.05, 4.69) is 10.3 Å². The quantitative estimate of drug-likeness (QED) is 0.446. The molecule has 3 aromatic rings. The number of anilines is 2. The predicted molar refractivity (Wildman–Crippen MR) is 111 cm³/mol. The van der Waals surface area contributed by atoms with Crippen LogP contribution < -0.4 is 11.1 Å². The van der Waals surface area contributed by atoms with Crippen molar-refractivity contribution in [2.24, 2.45) is 5.73 Å². The van der Waals surface area contributed by atoms with Crippen LogP contribution in [0.5, 0.6) is 0 Å². The molecule has 0 amide bonds. The number of nitrogens with one attached hydrogen (secondary N) is 1. The zero-order valence-electron chi connectivity index (χ0n) is 17.2. The van der Waals surface area contributed by atoms with Crippen LogP contribution in [-0.4, -0.2) is 39.4 Å². The molecule has 32 heavy (non-hydrogen) atoms. The molecule has 0 saturated heterocycles. The summed E-state index contributed by atoms with van der Waals surface area (Å²) in [5, 5.41) is 3.06. The number of fused-ring (bicyclic) bond motifs is 1. The number of aromatic nitrogens is 2. The number of hydrogen-bond acceptors (Lipinski definition) is 5. The SMILES string of the molecule is CC(N)(C=O)CN1CCn2c(nc(-c3c(F)cc(F)cc3F)c2Nc2ccc(F)cc2)C1. The number of imidazole rings is 1. The third-order valence-corrected chi connectivity index (χ3v) is 5.24. The van der Waals surface area contributed by atoms with Crippen molar-refractivity contribution in [2.75, 3.05) is 18.4 Å². The summed E-state index contributed by atoms with van der Waals surface area (Å²) in [5.74, 6) is -2.87. The number of nitrogens with two attached hydrogens (primary N) is 1. The zero-order valence-corrected chi connectivity index (χ0v) is 17.2. The van der Waals surface area contributed by atoms with Gasteiger partial charge in [-0.25, -0.2) is 22.5 Å². The summed E-state index contributed by atoms with van der Waals surface area (Å²) in [6.45, 7) is 3.07. The Kier molecular flexibility index (Phi) is 5.74. The van der Waals surface area contributed by atoms with Gasteiger partial charge in [-0.1, -0.05) is 0 Å². The Labute approximate surface area is 181 Å². The Morgan fingerprint density at radius 3 is 2.38 bits per heavy atom. The molecule has 0 spiro atoms. The minimum atomic E-state index is -1.09. The maximum absolute atomic E-state index is 14.6. The average molecular weight is 447 g/mol. The number of aldehydes is 1. The van der Waals surface area contributed by atoms with Crippen molar-refractivity contribution in [3.8, 4) is 11.3 Å². The molecule has 6 nitrogen and oxygen atoms in total. The first-order chi connectivity index (χ1) is 15.2. The van der Waals surface area contributed by atoms with Gasteiger partial charge in [0.05, 0.1) is 17.6 Å². The highest BCUT2D eigenvalue weighted by molar-refractivity contribution is 5.77. The Balaban J connectivity index is 1.78. The molecule has 1 aliphatic rings. The number of nitrogens with zero attached hydrogens (tertiary/aromatic N) is 3. The number of hydrogen-bond donors (Lipinski definition) is 2. The zero-order chi connectivity index (χ0) is 23.0. The van der Waals surface area contributed by atoms with Gasteiger partial charge >= 0.3 is 0 Å². The number of carbonyl (C=O) groups excluding carboxylic acids is 1. The molecule has 0 radical (unpaired) electrons. The Bertz CT molecular complexity index is 1140. The van der Waals surface area contributed by atoms with E-state index < -0.39 is 34.4 Å². The summed E-state index contributed by atoms with van der Waals surface area (Å²) in [6.07, 6.45) is 0.671. The smallest absolute Gasteiger partial charge is 0.140 e. The predicted octanol–water partition coefficient (Wildman–Crippen LogP) is 3.58. The molecule has 3 N–H and O–H groups in total. The largest absolute Gasteiger partial charge is 0.340 e. The lowest BCUT2D eigenvalue weighted by atomic mass is 10.1. The minimum absolute atomic E-state index is 0.0351. The van der Waals surface area contributed by atoms with Crippen molar-refractivity contribution in [1.82, 2.24) is 14.5 Å². The van der Waals surface area contributed by atoms with Gasteiger partial charge in [-0.3, -0.25) is 4.90 Å². The summed E-state index contributed by atoms with van der Waals surface area (Å²) in [4.78, 5) is 17.6. The summed E-state index contributed by atoms with van der Waals surface area (Å²) in [6, 6.07) is 6.64. The fraction of sp³-hybridized carbons (Fsp3) is 0.273. The second-order valence-corrected chi connectivity index (χ2v) is 8.09. The maximum atomic E-state index is 14.6. The summed E-state index contributed by atoms with van der Waals surface area (Å²) in [5.41, 5.74) is 4.87. The topological polar surface area (TPSA) is 76.2 Å². The van der Waals surface area contributed by atoms with Crippen LogP contribution in [-0.2, 0) is 17.9 Å². The van der Waals surface area contributed by atoms with Gasteiger partial charge in [0, 0.05) is 37.5 Å². The first kappa shape index (κ1) is 22.0. The molecule has 1 unspecified atom stereocenters. The van der Waals surface area contributed by atoms with Gasteiger partial charge in [0.2, 0.25) is 0 Å². The molecule has 0 saturated carbocycles.